The van der Waals surface area contributed by atoms with E-state index in [1.807, 2.05) is 6.07 Å². The Bertz CT molecular complexity index is 522. The van der Waals surface area contributed by atoms with E-state index in [1.54, 1.807) is 19.3 Å². The van der Waals surface area contributed by atoms with Gasteiger partial charge in [-0.05, 0) is 19.1 Å². The van der Waals surface area contributed by atoms with Crippen LogP contribution in [0.3, 0.4) is 0 Å². The summed E-state index contributed by atoms with van der Waals surface area (Å²) in [7, 11) is 0. The molecule has 0 atom stereocenters. The van der Waals surface area contributed by atoms with Crippen LogP contribution in [0.4, 0.5) is 0 Å². The van der Waals surface area contributed by atoms with Gasteiger partial charge in [0.15, 0.2) is 0 Å². The van der Waals surface area contributed by atoms with Crippen LogP contribution in [0.2, 0.25) is 0 Å². The monoisotopic (exact) mass is 282 g/mol. The maximum atomic E-state index is 11.7. The number of fused-ring (bicyclic) bond motifs is 1. The van der Waals surface area contributed by atoms with Crippen molar-refractivity contribution in [3.63, 3.8) is 0 Å². The molecule has 1 aromatic heterocycles. The maximum Gasteiger partial charge on any atom is 0.338 e. The first-order chi connectivity index (χ1) is 7.77. The lowest BCUT2D eigenvalue weighted by Gasteiger charge is -2.06. The average Bonchev–Trinajstić information content (AvgIpc) is 2.75. The Labute approximate surface area is 101 Å². The number of H-pyrrole nitrogens is 1. The summed E-state index contributed by atoms with van der Waals surface area (Å²) in [5.41, 5.74) is 3.15. The van der Waals surface area contributed by atoms with E-state index < -0.39 is 0 Å². The minimum Gasteiger partial charge on any atom is -0.462 e. The van der Waals surface area contributed by atoms with Gasteiger partial charge in [0.05, 0.1) is 29.5 Å². The fourth-order valence-electron chi connectivity index (χ4n) is 1.60. The number of carbonyl (C=O) groups excluding carboxylic acids is 1. The molecule has 0 saturated carbocycles. The first-order valence-electron chi connectivity index (χ1n) is 4.96. The van der Waals surface area contributed by atoms with Gasteiger partial charge in [0.25, 0.3) is 0 Å². The number of hydrogen-bond acceptors (Lipinski definition) is 3. The molecule has 0 aliphatic heterocycles. The minimum atomic E-state index is -0.304. The molecule has 0 spiro atoms. The molecular formula is C11H11BrN2O2. The van der Waals surface area contributed by atoms with Gasteiger partial charge in [-0.25, -0.2) is 9.78 Å². The Morgan fingerprint density at radius 1 is 1.56 bits per heavy atom. The second-order valence-corrected chi connectivity index (χ2v) is 3.81. The smallest absolute Gasteiger partial charge is 0.338 e. The largest absolute Gasteiger partial charge is 0.462 e. The zero-order valence-corrected chi connectivity index (χ0v) is 10.4. The van der Waals surface area contributed by atoms with E-state index in [2.05, 4.69) is 25.9 Å². The molecule has 5 heteroatoms. The van der Waals surface area contributed by atoms with E-state index in [-0.39, 0.29) is 5.97 Å². The lowest BCUT2D eigenvalue weighted by atomic mass is 10.1. The molecular weight excluding hydrogens is 272 g/mol. The van der Waals surface area contributed by atoms with Crippen molar-refractivity contribution in [1.82, 2.24) is 9.97 Å². The van der Waals surface area contributed by atoms with E-state index in [4.69, 9.17) is 4.74 Å². The fraction of sp³-hybridized carbons (Fsp3) is 0.273. The molecule has 2 rings (SSSR count). The third-order valence-corrected chi connectivity index (χ3v) is 2.89. The number of hydrogen-bond donors (Lipinski definition) is 1. The van der Waals surface area contributed by atoms with Crippen LogP contribution in [0.5, 0.6) is 0 Å². The predicted molar refractivity (Wildman–Crippen MR) is 64.7 cm³/mol. The van der Waals surface area contributed by atoms with E-state index in [1.165, 1.54) is 0 Å². The van der Waals surface area contributed by atoms with E-state index in [0.29, 0.717) is 17.5 Å². The van der Waals surface area contributed by atoms with Crippen molar-refractivity contribution in [2.75, 3.05) is 6.61 Å². The van der Waals surface area contributed by atoms with E-state index in [9.17, 15) is 4.79 Å². The second-order valence-electron chi connectivity index (χ2n) is 3.24. The number of halogens is 1. The van der Waals surface area contributed by atoms with Gasteiger partial charge < -0.3 is 9.72 Å². The molecule has 0 amide bonds. The highest BCUT2D eigenvalue weighted by molar-refractivity contribution is 9.08. The Kier molecular flexibility index (Phi) is 3.24. The first kappa shape index (κ1) is 11.1. The van der Waals surface area contributed by atoms with Crippen molar-refractivity contribution in [2.24, 2.45) is 0 Å². The van der Waals surface area contributed by atoms with Gasteiger partial charge in [-0.2, -0.15) is 0 Å². The average molecular weight is 283 g/mol. The van der Waals surface area contributed by atoms with Gasteiger partial charge in [-0.1, -0.05) is 15.9 Å². The number of nitrogens with zero attached hydrogens (tertiary/aromatic N) is 1. The lowest BCUT2D eigenvalue weighted by molar-refractivity contribution is 0.0525. The number of carbonyl (C=O) groups is 1. The van der Waals surface area contributed by atoms with Crippen LogP contribution < -0.4 is 0 Å². The first-order valence-corrected chi connectivity index (χ1v) is 6.08. The van der Waals surface area contributed by atoms with Crippen molar-refractivity contribution in [2.45, 2.75) is 12.3 Å². The Hall–Kier alpha value is -1.36. The van der Waals surface area contributed by atoms with Crippen LogP contribution in [0.25, 0.3) is 11.0 Å². The highest BCUT2D eigenvalue weighted by Crippen LogP contribution is 2.22. The van der Waals surface area contributed by atoms with Gasteiger partial charge in [-0.3, -0.25) is 0 Å². The van der Waals surface area contributed by atoms with Gasteiger partial charge >= 0.3 is 5.97 Å². The van der Waals surface area contributed by atoms with Crippen LogP contribution in [0, 0.1) is 0 Å². The zero-order chi connectivity index (χ0) is 11.5. The number of esters is 1. The van der Waals surface area contributed by atoms with Crippen LogP contribution in [-0.4, -0.2) is 22.5 Å². The highest BCUT2D eigenvalue weighted by atomic mass is 79.9. The molecule has 0 bridgehead atoms. The highest BCUT2D eigenvalue weighted by Gasteiger charge is 2.15. The molecule has 0 saturated heterocycles. The number of aromatic amines is 1. The lowest BCUT2D eigenvalue weighted by Crippen LogP contribution is -2.07. The Morgan fingerprint density at radius 2 is 2.38 bits per heavy atom. The number of imidazole rings is 1. The summed E-state index contributed by atoms with van der Waals surface area (Å²) in [5, 5.41) is 0.573. The van der Waals surface area contributed by atoms with Crippen LogP contribution >= 0.6 is 15.9 Å². The molecule has 84 valence electrons. The van der Waals surface area contributed by atoms with Crippen molar-refractivity contribution in [3.8, 4) is 0 Å². The number of ether oxygens (including phenoxy) is 1. The topological polar surface area (TPSA) is 55.0 Å². The van der Waals surface area contributed by atoms with E-state index in [0.717, 1.165) is 16.6 Å². The second kappa shape index (κ2) is 4.65. The predicted octanol–water partition coefficient (Wildman–Crippen LogP) is 2.63. The molecule has 0 fully saturated rings. The summed E-state index contributed by atoms with van der Waals surface area (Å²) in [6.45, 7) is 2.16. The zero-order valence-electron chi connectivity index (χ0n) is 8.79. The van der Waals surface area contributed by atoms with Crippen LogP contribution in [0.1, 0.15) is 22.8 Å². The molecule has 1 aromatic carbocycles. The van der Waals surface area contributed by atoms with Gasteiger partial charge in [0, 0.05) is 10.9 Å². The summed E-state index contributed by atoms with van der Waals surface area (Å²) in [4.78, 5) is 18.9. The third kappa shape index (κ3) is 1.82. The quantitative estimate of drug-likeness (QED) is 0.696. The van der Waals surface area contributed by atoms with Crippen molar-refractivity contribution in [1.29, 1.82) is 0 Å². The molecule has 1 heterocycles. The number of nitrogens with one attached hydrogen (secondary N) is 1. The van der Waals surface area contributed by atoms with Crippen LogP contribution in [0.15, 0.2) is 18.5 Å². The summed E-state index contributed by atoms with van der Waals surface area (Å²) in [5.74, 6) is -0.304. The molecule has 1 N–H and O–H groups in total. The summed E-state index contributed by atoms with van der Waals surface area (Å²) < 4.78 is 5.00. The summed E-state index contributed by atoms with van der Waals surface area (Å²) in [6, 6.07) is 3.59. The number of aromatic nitrogens is 2. The standard InChI is InChI=1S/C11H11BrN2O2/c1-2-16-11(15)7-3-4-9-10(8(7)5-12)14-6-13-9/h3-4,6H,2,5H2,1H3,(H,13,14). The van der Waals surface area contributed by atoms with Gasteiger partial charge in [0.1, 0.15) is 0 Å². The molecule has 0 radical (unpaired) electrons. The fourth-order valence-corrected chi connectivity index (χ4v) is 2.17. The molecule has 4 nitrogen and oxygen atoms in total. The Balaban J connectivity index is 2.56. The molecule has 16 heavy (non-hydrogen) atoms. The van der Waals surface area contributed by atoms with Gasteiger partial charge in [0.2, 0.25) is 0 Å². The van der Waals surface area contributed by atoms with Gasteiger partial charge in [-0.15, -0.1) is 0 Å². The molecule has 2 aromatic rings. The Morgan fingerprint density at radius 3 is 3.06 bits per heavy atom. The summed E-state index contributed by atoms with van der Waals surface area (Å²) >= 11 is 3.37. The number of benzene rings is 1. The third-order valence-electron chi connectivity index (χ3n) is 2.33. The van der Waals surface area contributed by atoms with Crippen molar-refractivity contribution >= 4 is 32.9 Å². The van der Waals surface area contributed by atoms with E-state index >= 15 is 0 Å². The van der Waals surface area contributed by atoms with Crippen molar-refractivity contribution in [3.05, 3.63) is 29.6 Å². The minimum absolute atomic E-state index is 0.304. The normalized spacial score (nSPS) is 10.6. The number of alkyl halides is 1. The summed E-state index contributed by atoms with van der Waals surface area (Å²) in [6.07, 6.45) is 1.62. The van der Waals surface area contributed by atoms with Crippen LogP contribution in [-0.2, 0) is 10.1 Å². The SMILES string of the molecule is CCOC(=O)c1ccc2[nH]cnc2c1CBr. The van der Waals surface area contributed by atoms with Crippen molar-refractivity contribution < 1.29 is 9.53 Å². The number of rotatable bonds is 3. The molecule has 0 unspecified atom stereocenters. The molecule has 0 aliphatic rings. The molecule has 0 aliphatic carbocycles. The maximum absolute atomic E-state index is 11.7.